The van der Waals surface area contributed by atoms with Gasteiger partial charge >= 0.3 is 5.88 Å². The zero-order chi connectivity index (χ0) is 19.4. The third kappa shape index (κ3) is 4.50. The molecule has 0 amide bonds. The maximum Gasteiger partial charge on any atom is 0.433 e. The molecule has 0 aliphatic heterocycles. The molecular formula is C17H10N2O7S. The number of nitro benzene ring substituents is 1. The van der Waals surface area contributed by atoms with Crippen LogP contribution in [0.25, 0.3) is 6.08 Å². The Morgan fingerprint density at radius 3 is 2.30 bits per heavy atom. The second-order valence-electron chi connectivity index (χ2n) is 5.10. The van der Waals surface area contributed by atoms with Crippen LogP contribution in [0.1, 0.15) is 16.3 Å². The van der Waals surface area contributed by atoms with Gasteiger partial charge in [-0.25, -0.2) is 0 Å². The lowest BCUT2D eigenvalue weighted by Gasteiger charge is -1.97. The molecule has 9 nitrogen and oxygen atoms in total. The van der Waals surface area contributed by atoms with Crippen LogP contribution in [0.2, 0.25) is 0 Å². The standard InChI is InChI=1S/C17H10N2O7S/c20-14(15-8-9-16(26-15)19(23)24)7-3-12-4-10-17(25-12)27-13-5-1-11(2-6-13)18(21)22/h1-10H/b7-3-. The van der Waals surface area contributed by atoms with E-state index in [-0.39, 0.29) is 11.4 Å². The van der Waals surface area contributed by atoms with Crippen LogP contribution in [0.15, 0.2) is 73.4 Å². The smallest absolute Gasteiger partial charge is 0.433 e. The van der Waals surface area contributed by atoms with Crippen molar-refractivity contribution < 1.29 is 23.5 Å². The number of nitro groups is 2. The van der Waals surface area contributed by atoms with Gasteiger partial charge in [0.15, 0.2) is 10.9 Å². The number of nitrogens with zero attached hydrogens (tertiary/aromatic N) is 2. The summed E-state index contributed by atoms with van der Waals surface area (Å²) in [5.41, 5.74) is -0.000840. The number of hydrogen-bond donors (Lipinski definition) is 0. The van der Waals surface area contributed by atoms with Crippen molar-refractivity contribution in [2.75, 3.05) is 0 Å². The van der Waals surface area contributed by atoms with Gasteiger partial charge in [-0.3, -0.25) is 25.0 Å². The summed E-state index contributed by atoms with van der Waals surface area (Å²) in [4.78, 5) is 32.7. The highest BCUT2D eigenvalue weighted by Crippen LogP contribution is 2.30. The van der Waals surface area contributed by atoms with Crippen molar-refractivity contribution in [3.8, 4) is 0 Å². The zero-order valence-electron chi connectivity index (χ0n) is 13.4. The highest BCUT2D eigenvalue weighted by molar-refractivity contribution is 7.99. The van der Waals surface area contributed by atoms with Crippen LogP contribution in [-0.4, -0.2) is 15.6 Å². The molecule has 1 aromatic carbocycles. The molecule has 0 unspecified atom stereocenters. The van der Waals surface area contributed by atoms with E-state index in [0.29, 0.717) is 10.9 Å². The summed E-state index contributed by atoms with van der Waals surface area (Å²) < 4.78 is 10.4. The molecule has 0 saturated heterocycles. The minimum absolute atomic E-state index is 0.000840. The minimum atomic E-state index is -0.727. The quantitative estimate of drug-likeness (QED) is 0.246. The average molecular weight is 386 g/mol. The molecule has 0 aliphatic rings. The highest BCUT2D eigenvalue weighted by Gasteiger charge is 2.15. The average Bonchev–Trinajstić information content (AvgIpc) is 3.30. The van der Waals surface area contributed by atoms with Gasteiger partial charge in [0.05, 0.1) is 11.0 Å². The van der Waals surface area contributed by atoms with Crippen molar-refractivity contribution in [2.45, 2.75) is 9.99 Å². The minimum Gasteiger partial charge on any atom is -0.450 e. The van der Waals surface area contributed by atoms with Crippen molar-refractivity contribution in [1.29, 1.82) is 0 Å². The molecule has 0 radical (unpaired) electrons. The lowest BCUT2D eigenvalue weighted by atomic mass is 10.2. The molecule has 0 atom stereocenters. The number of non-ortho nitro benzene ring substituents is 1. The van der Waals surface area contributed by atoms with Crippen molar-refractivity contribution >= 4 is 35.2 Å². The Bertz CT molecular complexity index is 1030. The topological polar surface area (TPSA) is 130 Å². The van der Waals surface area contributed by atoms with E-state index in [2.05, 4.69) is 0 Å². The molecule has 0 N–H and O–H groups in total. The molecule has 0 spiro atoms. The molecule has 0 aliphatic carbocycles. The van der Waals surface area contributed by atoms with Crippen LogP contribution >= 0.6 is 11.8 Å². The molecule has 0 fully saturated rings. The number of allylic oxidation sites excluding steroid dienone is 1. The molecule has 3 rings (SSSR count). The molecule has 2 heterocycles. The number of rotatable bonds is 7. The van der Waals surface area contributed by atoms with E-state index in [1.165, 1.54) is 42.1 Å². The second-order valence-corrected chi connectivity index (χ2v) is 6.18. The highest BCUT2D eigenvalue weighted by atomic mass is 32.2. The predicted molar refractivity (Wildman–Crippen MR) is 94.7 cm³/mol. The van der Waals surface area contributed by atoms with Crippen LogP contribution in [-0.2, 0) is 0 Å². The van der Waals surface area contributed by atoms with Crippen LogP contribution in [0, 0.1) is 20.2 Å². The van der Waals surface area contributed by atoms with Gasteiger partial charge in [0.1, 0.15) is 10.7 Å². The Balaban J connectivity index is 1.64. The molecule has 3 aromatic rings. The first kappa shape index (κ1) is 18.1. The van der Waals surface area contributed by atoms with Crippen molar-refractivity contribution in [2.24, 2.45) is 0 Å². The Morgan fingerprint density at radius 2 is 1.67 bits per heavy atom. The van der Waals surface area contributed by atoms with Crippen molar-refractivity contribution in [3.05, 3.63) is 86.4 Å². The summed E-state index contributed by atoms with van der Waals surface area (Å²) in [6, 6.07) is 11.7. The van der Waals surface area contributed by atoms with E-state index in [1.54, 1.807) is 24.3 Å². The Morgan fingerprint density at radius 1 is 0.926 bits per heavy atom. The van der Waals surface area contributed by atoms with Gasteiger partial charge in [-0.05, 0) is 42.5 Å². The molecule has 0 saturated carbocycles. The maximum atomic E-state index is 11.9. The van der Waals surface area contributed by atoms with Gasteiger partial charge in [0, 0.05) is 17.0 Å². The van der Waals surface area contributed by atoms with Crippen molar-refractivity contribution in [3.63, 3.8) is 0 Å². The number of furan rings is 2. The predicted octanol–water partition coefficient (Wildman–Crippen LogP) is 4.74. The van der Waals surface area contributed by atoms with Crippen LogP contribution in [0.5, 0.6) is 0 Å². The van der Waals surface area contributed by atoms with E-state index in [9.17, 15) is 25.0 Å². The van der Waals surface area contributed by atoms with E-state index in [0.717, 1.165) is 11.0 Å². The van der Waals surface area contributed by atoms with Crippen LogP contribution in [0.3, 0.4) is 0 Å². The molecular weight excluding hydrogens is 376 g/mol. The lowest BCUT2D eigenvalue weighted by molar-refractivity contribution is -0.402. The monoisotopic (exact) mass is 386 g/mol. The Kier molecular flexibility index (Phi) is 5.18. The summed E-state index contributed by atoms with van der Waals surface area (Å²) in [5, 5.41) is 21.7. The molecule has 2 aromatic heterocycles. The fourth-order valence-corrected chi connectivity index (χ4v) is 2.81. The number of ketones is 1. The summed E-state index contributed by atoms with van der Waals surface area (Å²) in [6.07, 6.45) is 2.60. The molecule has 10 heteroatoms. The Hall–Kier alpha value is -3.66. The summed E-state index contributed by atoms with van der Waals surface area (Å²) >= 11 is 1.26. The third-order valence-corrected chi connectivity index (χ3v) is 4.21. The second kappa shape index (κ2) is 7.70. The van der Waals surface area contributed by atoms with E-state index < -0.39 is 21.5 Å². The summed E-state index contributed by atoms with van der Waals surface area (Å²) in [6.45, 7) is 0. The van der Waals surface area contributed by atoms with Gasteiger partial charge in [-0.1, -0.05) is 11.8 Å². The van der Waals surface area contributed by atoms with E-state index >= 15 is 0 Å². The SMILES string of the molecule is O=C(/C=C\c1ccc(Sc2ccc([N+](=O)[O-])cc2)o1)c1ccc([N+](=O)[O-])o1. The van der Waals surface area contributed by atoms with E-state index in [4.69, 9.17) is 8.83 Å². The summed E-state index contributed by atoms with van der Waals surface area (Å²) in [7, 11) is 0. The van der Waals surface area contributed by atoms with E-state index in [1.807, 2.05) is 0 Å². The first-order valence-electron chi connectivity index (χ1n) is 7.41. The normalized spacial score (nSPS) is 11.0. The van der Waals surface area contributed by atoms with Crippen LogP contribution < -0.4 is 0 Å². The molecule has 27 heavy (non-hydrogen) atoms. The largest absolute Gasteiger partial charge is 0.450 e. The van der Waals surface area contributed by atoms with Gasteiger partial charge < -0.3 is 8.83 Å². The van der Waals surface area contributed by atoms with Gasteiger partial charge in [-0.2, -0.15) is 0 Å². The van der Waals surface area contributed by atoms with Gasteiger partial charge in [0.25, 0.3) is 5.69 Å². The first-order valence-corrected chi connectivity index (χ1v) is 8.23. The number of carbonyl (C=O) groups excluding carboxylic acids is 1. The van der Waals surface area contributed by atoms with Gasteiger partial charge in [-0.15, -0.1) is 0 Å². The summed E-state index contributed by atoms with van der Waals surface area (Å²) in [5.74, 6) is -0.797. The number of carbonyl (C=O) groups is 1. The molecule has 136 valence electrons. The molecule has 0 bridgehead atoms. The van der Waals surface area contributed by atoms with Gasteiger partial charge in [0.2, 0.25) is 5.78 Å². The van der Waals surface area contributed by atoms with Crippen molar-refractivity contribution in [1.82, 2.24) is 0 Å². The fraction of sp³-hybridized carbons (Fsp3) is 0. The lowest BCUT2D eigenvalue weighted by Crippen LogP contribution is -1.90. The fourth-order valence-electron chi connectivity index (χ4n) is 2.03. The third-order valence-electron chi connectivity index (χ3n) is 3.28. The van der Waals surface area contributed by atoms with Crippen LogP contribution in [0.4, 0.5) is 11.6 Å². The zero-order valence-corrected chi connectivity index (χ0v) is 14.3. The Labute approximate surface area is 155 Å². The number of hydrogen-bond acceptors (Lipinski definition) is 8. The first-order chi connectivity index (χ1) is 12.9. The maximum absolute atomic E-state index is 11.9. The number of benzene rings is 1.